The van der Waals surface area contributed by atoms with Crippen molar-refractivity contribution < 1.29 is 4.79 Å². The number of carbonyl (C=O) groups excluding carboxylic acids is 1. The number of primary amides is 1. The third kappa shape index (κ3) is 3.56. The highest BCUT2D eigenvalue weighted by Crippen LogP contribution is 2.22. The van der Waals surface area contributed by atoms with Crippen LogP contribution in [-0.4, -0.2) is 33.0 Å². The van der Waals surface area contributed by atoms with Gasteiger partial charge in [0.05, 0.1) is 5.69 Å². The van der Waals surface area contributed by atoms with Gasteiger partial charge in [-0.15, -0.1) is 0 Å². The monoisotopic (exact) mass is 329 g/mol. The van der Waals surface area contributed by atoms with Gasteiger partial charge in [0.2, 0.25) is 0 Å². The van der Waals surface area contributed by atoms with E-state index in [1.54, 1.807) is 6.07 Å². The Hall–Kier alpha value is -2.41. The Morgan fingerprint density at radius 2 is 2.04 bits per heavy atom. The van der Waals surface area contributed by atoms with E-state index in [-0.39, 0.29) is 5.56 Å². The highest BCUT2D eigenvalue weighted by atomic mass is 16.2. The van der Waals surface area contributed by atoms with Crippen LogP contribution in [0.4, 0.5) is 0 Å². The van der Waals surface area contributed by atoms with Crippen molar-refractivity contribution in [3.05, 3.63) is 50.7 Å². The number of carbonyl (C=O) groups is 1. The molecule has 7 nitrogen and oxygen atoms in total. The van der Waals surface area contributed by atoms with Gasteiger partial charge in [-0.2, -0.15) is 5.10 Å². The number of hydrogen-bond donors (Lipinski definition) is 3. The lowest BCUT2D eigenvalue weighted by atomic mass is 10.1. The minimum atomic E-state index is -0.713. The Morgan fingerprint density at radius 1 is 1.25 bits per heavy atom. The summed E-state index contributed by atoms with van der Waals surface area (Å²) in [5.41, 5.74) is 9.16. The van der Waals surface area contributed by atoms with Crippen LogP contribution >= 0.6 is 0 Å². The summed E-state index contributed by atoms with van der Waals surface area (Å²) in [7, 11) is 1.98. The minimum Gasteiger partial charge on any atom is -0.365 e. The van der Waals surface area contributed by atoms with Gasteiger partial charge >= 0.3 is 0 Å². The lowest BCUT2D eigenvalue weighted by molar-refractivity contribution is 0.0999. The van der Waals surface area contributed by atoms with E-state index >= 15 is 0 Å². The molecule has 1 aliphatic rings. The smallest absolute Gasteiger partial charge is 0.261 e. The largest absolute Gasteiger partial charge is 0.365 e. The first-order valence-electron chi connectivity index (χ1n) is 8.30. The Labute approximate surface area is 140 Å². The molecule has 7 heteroatoms. The van der Waals surface area contributed by atoms with Gasteiger partial charge in [-0.25, -0.2) is 0 Å². The zero-order valence-electron chi connectivity index (χ0n) is 13.9. The van der Waals surface area contributed by atoms with E-state index in [1.165, 1.54) is 36.6 Å². The van der Waals surface area contributed by atoms with Gasteiger partial charge in [-0.1, -0.05) is 6.42 Å². The number of rotatable bonds is 5. The number of fused-ring (bicyclic) bond motifs is 1. The molecule has 0 aromatic carbocycles. The number of pyridine rings is 1. The van der Waals surface area contributed by atoms with Crippen molar-refractivity contribution in [2.75, 3.05) is 7.05 Å². The van der Waals surface area contributed by atoms with Crippen LogP contribution in [-0.2, 0) is 25.9 Å². The van der Waals surface area contributed by atoms with Gasteiger partial charge in [0.25, 0.3) is 11.5 Å². The number of nitrogens with one attached hydrogen (secondary N) is 2. The molecule has 0 saturated carbocycles. The second-order valence-electron chi connectivity index (χ2n) is 6.45. The molecule has 0 spiro atoms. The molecule has 1 aliphatic carbocycles. The number of aryl methyl sites for hydroxylation is 1. The van der Waals surface area contributed by atoms with Crippen LogP contribution in [0.3, 0.4) is 0 Å². The number of nitrogens with zero attached hydrogens (tertiary/aromatic N) is 2. The van der Waals surface area contributed by atoms with Crippen molar-refractivity contribution in [1.82, 2.24) is 20.1 Å². The Kier molecular flexibility index (Phi) is 4.80. The summed E-state index contributed by atoms with van der Waals surface area (Å²) in [4.78, 5) is 27.7. The van der Waals surface area contributed by atoms with Crippen molar-refractivity contribution in [1.29, 1.82) is 0 Å². The molecule has 0 unspecified atom stereocenters. The van der Waals surface area contributed by atoms with E-state index < -0.39 is 11.5 Å². The second-order valence-corrected chi connectivity index (χ2v) is 6.45. The maximum Gasteiger partial charge on any atom is 0.261 e. The lowest BCUT2D eigenvalue weighted by Crippen LogP contribution is -2.26. The van der Waals surface area contributed by atoms with Crippen LogP contribution in [0.1, 0.15) is 52.3 Å². The lowest BCUT2D eigenvalue weighted by Gasteiger charge is -2.16. The molecule has 2 aromatic rings. The number of amides is 1. The normalized spacial score (nSPS) is 14.4. The molecule has 4 N–H and O–H groups in total. The van der Waals surface area contributed by atoms with Crippen molar-refractivity contribution in [2.24, 2.45) is 5.73 Å². The van der Waals surface area contributed by atoms with Crippen molar-refractivity contribution in [3.63, 3.8) is 0 Å². The van der Waals surface area contributed by atoms with E-state index in [0.29, 0.717) is 13.1 Å². The summed E-state index contributed by atoms with van der Waals surface area (Å²) in [6, 6.07) is 3.20. The highest BCUT2D eigenvalue weighted by molar-refractivity contribution is 5.92. The van der Waals surface area contributed by atoms with E-state index in [0.717, 1.165) is 24.2 Å². The van der Waals surface area contributed by atoms with Gasteiger partial charge in [0.1, 0.15) is 5.56 Å². The van der Waals surface area contributed by atoms with Crippen LogP contribution in [0.25, 0.3) is 0 Å². The average Bonchev–Trinajstić information content (AvgIpc) is 2.75. The molecule has 0 bridgehead atoms. The summed E-state index contributed by atoms with van der Waals surface area (Å²) in [5, 5.41) is 7.65. The SMILES string of the molecule is CN(Cc1ccc(C(N)=O)c(=O)[nH]1)Cc1n[nH]c2c1CCCCC2. The molecule has 128 valence electrons. The zero-order valence-corrected chi connectivity index (χ0v) is 13.9. The Bertz CT molecular complexity index is 793. The van der Waals surface area contributed by atoms with Crippen LogP contribution in [0.15, 0.2) is 16.9 Å². The standard InChI is InChI=1S/C17H23N5O2/c1-22(9-11-7-8-13(16(18)23)17(24)19-11)10-15-12-5-3-2-4-6-14(12)20-21-15/h7-8H,2-6,9-10H2,1H3,(H2,18,23)(H,19,24)(H,20,21). The average molecular weight is 329 g/mol. The van der Waals surface area contributed by atoms with Gasteiger partial charge in [0, 0.05) is 24.5 Å². The van der Waals surface area contributed by atoms with Crippen molar-refractivity contribution in [3.8, 4) is 0 Å². The molecule has 24 heavy (non-hydrogen) atoms. The van der Waals surface area contributed by atoms with E-state index in [2.05, 4.69) is 20.1 Å². The van der Waals surface area contributed by atoms with Crippen molar-refractivity contribution in [2.45, 2.75) is 45.2 Å². The molecule has 0 radical (unpaired) electrons. The molecule has 2 heterocycles. The maximum absolute atomic E-state index is 11.8. The molecular formula is C17H23N5O2. The highest BCUT2D eigenvalue weighted by Gasteiger charge is 2.17. The Morgan fingerprint density at radius 3 is 2.79 bits per heavy atom. The molecule has 2 aromatic heterocycles. The minimum absolute atomic E-state index is 0.0148. The summed E-state index contributed by atoms with van der Waals surface area (Å²) in [5.74, 6) is -0.713. The first-order chi connectivity index (χ1) is 11.5. The third-order valence-electron chi connectivity index (χ3n) is 4.49. The fraction of sp³-hybridized carbons (Fsp3) is 0.471. The Balaban J connectivity index is 1.69. The summed E-state index contributed by atoms with van der Waals surface area (Å²) in [6.07, 6.45) is 5.86. The predicted molar refractivity (Wildman–Crippen MR) is 90.6 cm³/mol. The van der Waals surface area contributed by atoms with Gasteiger partial charge in [0.15, 0.2) is 0 Å². The molecule has 1 amide bonds. The van der Waals surface area contributed by atoms with Crippen LogP contribution in [0.5, 0.6) is 0 Å². The van der Waals surface area contributed by atoms with Gasteiger partial charge < -0.3 is 10.7 Å². The second kappa shape index (κ2) is 7.00. The molecule has 0 aliphatic heterocycles. The van der Waals surface area contributed by atoms with Crippen molar-refractivity contribution >= 4 is 5.91 Å². The number of aromatic amines is 2. The number of H-pyrrole nitrogens is 2. The molecule has 0 atom stereocenters. The predicted octanol–water partition coefficient (Wildman–Crippen LogP) is 1.10. The van der Waals surface area contributed by atoms with E-state index in [4.69, 9.17) is 5.73 Å². The first kappa shape index (κ1) is 16.4. The third-order valence-corrected chi connectivity index (χ3v) is 4.49. The van der Waals surface area contributed by atoms with Gasteiger partial charge in [-0.05, 0) is 50.4 Å². The molecule has 0 saturated heterocycles. The van der Waals surface area contributed by atoms with E-state index in [1.807, 2.05) is 7.05 Å². The fourth-order valence-corrected chi connectivity index (χ4v) is 3.26. The fourth-order valence-electron chi connectivity index (χ4n) is 3.26. The quantitative estimate of drug-likeness (QED) is 0.714. The molecule has 3 rings (SSSR count). The van der Waals surface area contributed by atoms with E-state index in [9.17, 15) is 9.59 Å². The van der Waals surface area contributed by atoms with Gasteiger partial charge in [-0.3, -0.25) is 19.6 Å². The maximum atomic E-state index is 11.8. The topological polar surface area (TPSA) is 108 Å². The molecular weight excluding hydrogens is 306 g/mol. The van der Waals surface area contributed by atoms with Crippen LogP contribution in [0.2, 0.25) is 0 Å². The zero-order chi connectivity index (χ0) is 17.1. The summed E-state index contributed by atoms with van der Waals surface area (Å²) >= 11 is 0. The van der Waals surface area contributed by atoms with Crippen LogP contribution in [0, 0.1) is 0 Å². The number of hydrogen-bond acceptors (Lipinski definition) is 4. The first-order valence-corrected chi connectivity index (χ1v) is 8.30. The van der Waals surface area contributed by atoms with Crippen LogP contribution < -0.4 is 11.3 Å². The summed E-state index contributed by atoms with van der Waals surface area (Å²) in [6.45, 7) is 1.28. The number of aromatic nitrogens is 3. The number of nitrogens with two attached hydrogens (primary N) is 1. The summed E-state index contributed by atoms with van der Waals surface area (Å²) < 4.78 is 0. The molecule has 0 fully saturated rings.